The molecular formula is C14H22FNO2. The minimum atomic E-state index is -0.674. The summed E-state index contributed by atoms with van der Waals surface area (Å²) in [4.78, 5) is 2.00. The van der Waals surface area contributed by atoms with Crippen LogP contribution < -0.4 is 0 Å². The highest BCUT2D eigenvalue weighted by Crippen LogP contribution is 2.16. The first-order valence-corrected chi connectivity index (χ1v) is 6.25. The third kappa shape index (κ3) is 4.72. The normalized spacial score (nSPS) is 15.1. The van der Waals surface area contributed by atoms with Crippen molar-refractivity contribution in [1.82, 2.24) is 4.90 Å². The number of aliphatic hydroxyl groups is 2. The van der Waals surface area contributed by atoms with Crippen LogP contribution in [0.25, 0.3) is 0 Å². The minimum Gasteiger partial charge on any atom is -0.392 e. The summed E-state index contributed by atoms with van der Waals surface area (Å²) in [6.45, 7) is 6.68. The van der Waals surface area contributed by atoms with Crippen molar-refractivity contribution < 1.29 is 14.6 Å². The molecule has 1 rings (SSSR count). The second-order valence-electron chi connectivity index (χ2n) is 4.96. The van der Waals surface area contributed by atoms with Gasteiger partial charge in [0.25, 0.3) is 0 Å². The zero-order chi connectivity index (χ0) is 13.7. The fourth-order valence-electron chi connectivity index (χ4n) is 1.85. The number of nitrogens with zero attached hydrogens (tertiary/aromatic N) is 1. The Morgan fingerprint density at radius 1 is 1.06 bits per heavy atom. The first-order valence-electron chi connectivity index (χ1n) is 6.25. The lowest BCUT2D eigenvalue weighted by Gasteiger charge is -2.29. The van der Waals surface area contributed by atoms with Gasteiger partial charge in [-0.25, -0.2) is 4.39 Å². The average molecular weight is 255 g/mol. The minimum absolute atomic E-state index is 0.231. The van der Waals surface area contributed by atoms with Crippen LogP contribution in [0.2, 0.25) is 0 Å². The molecule has 2 unspecified atom stereocenters. The lowest BCUT2D eigenvalue weighted by Crippen LogP contribution is -2.39. The summed E-state index contributed by atoms with van der Waals surface area (Å²) in [7, 11) is 0. The zero-order valence-electron chi connectivity index (χ0n) is 11.2. The van der Waals surface area contributed by atoms with Gasteiger partial charge in [0.15, 0.2) is 0 Å². The van der Waals surface area contributed by atoms with Crippen molar-refractivity contribution >= 4 is 0 Å². The largest absolute Gasteiger partial charge is 0.392 e. The number of hydrogen-bond acceptors (Lipinski definition) is 3. The van der Waals surface area contributed by atoms with E-state index in [9.17, 15) is 14.6 Å². The van der Waals surface area contributed by atoms with E-state index in [0.29, 0.717) is 18.7 Å². The van der Waals surface area contributed by atoms with Crippen molar-refractivity contribution in [3.05, 3.63) is 35.6 Å². The monoisotopic (exact) mass is 255 g/mol. The Hall–Kier alpha value is -0.970. The number of halogens is 1. The zero-order valence-corrected chi connectivity index (χ0v) is 11.2. The predicted molar refractivity (Wildman–Crippen MR) is 69.7 cm³/mol. The van der Waals surface area contributed by atoms with Crippen molar-refractivity contribution in [1.29, 1.82) is 0 Å². The summed E-state index contributed by atoms with van der Waals surface area (Å²) in [5.41, 5.74) is 0.688. The Bertz CT molecular complexity index is 351. The fraction of sp³-hybridized carbons (Fsp3) is 0.571. The van der Waals surface area contributed by atoms with E-state index in [0.717, 1.165) is 0 Å². The van der Waals surface area contributed by atoms with Crippen LogP contribution in [0.4, 0.5) is 4.39 Å². The Kier molecular flexibility index (Phi) is 5.72. The SMILES string of the molecule is CC(O)CN(CC(O)c1ccc(F)cc1)C(C)C. The predicted octanol–water partition coefficient (Wildman–Crippen LogP) is 1.95. The van der Waals surface area contributed by atoms with E-state index in [4.69, 9.17) is 0 Å². The van der Waals surface area contributed by atoms with E-state index >= 15 is 0 Å². The van der Waals surface area contributed by atoms with E-state index in [1.807, 2.05) is 18.7 Å². The first kappa shape index (κ1) is 15.1. The van der Waals surface area contributed by atoms with Gasteiger partial charge in [-0.1, -0.05) is 12.1 Å². The van der Waals surface area contributed by atoms with Gasteiger partial charge >= 0.3 is 0 Å². The van der Waals surface area contributed by atoms with Gasteiger partial charge in [-0.3, -0.25) is 4.90 Å². The van der Waals surface area contributed by atoms with Crippen LogP contribution in [0.5, 0.6) is 0 Å². The molecule has 2 N–H and O–H groups in total. The summed E-state index contributed by atoms with van der Waals surface area (Å²) in [5, 5.41) is 19.5. The lowest BCUT2D eigenvalue weighted by atomic mass is 10.1. The lowest BCUT2D eigenvalue weighted by molar-refractivity contribution is 0.0587. The van der Waals surface area contributed by atoms with Crippen LogP contribution in [0.1, 0.15) is 32.4 Å². The van der Waals surface area contributed by atoms with Gasteiger partial charge < -0.3 is 10.2 Å². The number of rotatable bonds is 6. The maximum Gasteiger partial charge on any atom is 0.123 e. The van der Waals surface area contributed by atoms with Gasteiger partial charge in [0.05, 0.1) is 12.2 Å². The molecule has 0 heterocycles. The third-order valence-electron chi connectivity index (χ3n) is 2.89. The van der Waals surface area contributed by atoms with Gasteiger partial charge in [0, 0.05) is 19.1 Å². The van der Waals surface area contributed by atoms with E-state index in [1.165, 1.54) is 12.1 Å². The summed E-state index contributed by atoms with van der Waals surface area (Å²) in [5.74, 6) is -0.310. The van der Waals surface area contributed by atoms with Gasteiger partial charge in [-0.05, 0) is 38.5 Å². The highest BCUT2D eigenvalue weighted by atomic mass is 19.1. The van der Waals surface area contributed by atoms with Crippen molar-refractivity contribution in [2.45, 2.75) is 39.0 Å². The van der Waals surface area contributed by atoms with Crippen molar-refractivity contribution in [2.24, 2.45) is 0 Å². The molecule has 0 aliphatic heterocycles. The summed E-state index contributed by atoms with van der Waals surface area (Å²) in [6, 6.07) is 6.08. The van der Waals surface area contributed by atoms with E-state index < -0.39 is 12.2 Å². The van der Waals surface area contributed by atoms with Gasteiger partial charge in [0.2, 0.25) is 0 Å². The number of benzene rings is 1. The first-order chi connectivity index (χ1) is 8.40. The molecule has 0 saturated heterocycles. The molecular weight excluding hydrogens is 233 g/mol. The molecule has 1 aromatic rings. The van der Waals surface area contributed by atoms with Crippen LogP contribution in [0, 0.1) is 5.82 Å². The topological polar surface area (TPSA) is 43.7 Å². The van der Waals surface area contributed by atoms with Crippen LogP contribution in [-0.4, -0.2) is 40.3 Å². The van der Waals surface area contributed by atoms with Gasteiger partial charge in [-0.2, -0.15) is 0 Å². The molecule has 0 amide bonds. The Balaban J connectivity index is 2.65. The molecule has 1 aromatic carbocycles. The highest BCUT2D eigenvalue weighted by Gasteiger charge is 2.17. The standard InChI is InChI=1S/C14H22FNO2/c1-10(2)16(8-11(3)17)9-14(18)12-4-6-13(15)7-5-12/h4-7,10-11,14,17-18H,8-9H2,1-3H3. The molecule has 0 spiro atoms. The smallest absolute Gasteiger partial charge is 0.123 e. The Labute approximate surface area is 108 Å². The fourth-order valence-corrected chi connectivity index (χ4v) is 1.85. The third-order valence-corrected chi connectivity index (χ3v) is 2.89. The molecule has 0 saturated carbocycles. The van der Waals surface area contributed by atoms with Gasteiger partial charge in [0.1, 0.15) is 5.82 Å². The number of hydrogen-bond donors (Lipinski definition) is 2. The van der Waals surface area contributed by atoms with E-state index in [-0.39, 0.29) is 11.9 Å². The average Bonchev–Trinajstić information content (AvgIpc) is 2.28. The summed E-state index contributed by atoms with van der Waals surface area (Å²) in [6.07, 6.45) is -1.11. The molecule has 0 fully saturated rings. The van der Waals surface area contributed by atoms with Crippen LogP contribution >= 0.6 is 0 Å². The molecule has 0 aliphatic carbocycles. The van der Waals surface area contributed by atoms with E-state index in [2.05, 4.69) is 0 Å². The Morgan fingerprint density at radius 2 is 1.61 bits per heavy atom. The van der Waals surface area contributed by atoms with Crippen molar-refractivity contribution in [3.63, 3.8) is 0 Å². The van der Waals surface area contributed by atoms with Crippen molar-refractivity contribution in [2.75, 3.05) is 13.1 Å². The summed E-state index contributed by atoms with van der Waals surface area (Å²) < 4.78 is 12.8. The molecule has 102 valence electrons. The van der Waals surface area contributed by atoms with Crippen LogP contribution in [0.15, 0.2) is 24.3 Å². The summed E-state index contributed by atoms with van der Waals surface area (Å²) >= 11 is 0. The maximum absolute atomic E-state index is 12.8. The molecule has 18 heavy (non-hydrogen) atoms. The van der Waals surface area contributed by atoms with Crippen LogP contribution in [0.3, 0.4) is 0 Å². The number of aliphatic hydroxyl groups excluding tert-OH is 2. The highest BCUT2D eigenvalue weighted by molar-refractivity contribution is 5.18. The molecule has 0 aliphatic rings. The molecule has 0 radical (unpaired) electrons. The van der Waals surface area contributed by atoms with Crippen molar-refractivity contribution in [3.8, 4) is 0 Å². The quantitative estimate of drug-likeness (QED) is 0.816. The second-order valence-corrected chi connectivity index (χ2v) is 4.96. The molecule has 0 aromatic heterocycles. The second kappa shape index (κ2) is 6.83. The molecule has 4 heteroatoms. The van der Waals surface area contributed by atoms with Crippen LogP contribution in [-0.2, 0) is 0 Å². The molecule has 0 bridgehead atoms. The molecule has 2 atom stereocenters. The Morgan fingerprint density at radius 3 is 2.06 bits per heavy atom. The van der Waals surface area contributed by atoms with Gasteiger partial charge in [-0.15, -0.1) is 0 Å². The maximum atomic E-state index is 12.8. The molecule has 3 nitrogen and oxygen atoms in total. The van der Waals surface area contributed by atoms with E-state index in [1.54, 1.807) is 19.1 Å².